The molecule has 0 aliphatic rings. The van der Waals surface area contributed by atoms with Gasteiger partial charge in [0.2, 0.25) is 11.8 Å². The average molecular weight is 510 g/mol. The van der Waals surface area contributed by atoms with Crippen molar-refractivity contribution in [3.05, 3.63) is 65.2 Å². The van der Waals surface area contributed by atoms with Crippen LogP contribution < -0.4 is 10.6 Å². The first-order chi connectivity index (χ1) is 16.4. The predicted octanol–water partition coefficient (Wildman–Crippen LogP) is 5.15. The topological polar surface area (TPSA) is 108 Å². The first-order valence-electron chi connectivity index (χ1n) is 10.2. The van der Waals surface area contributed by atoms with Crippen molar-refractivity contribution < 1.29 is 9.59 Å². The van der Waals surface area contributed by atoms with Gasteiger partial charge < -0.3 is 10.6 Å². The Kier molecular flexibility index (Phi) is 9.39. The van der Waals surface area contributed by atoms with E-state index in [1.54, 1.807) is 0 Å². The summed E-state index contributed by atoms with van der Waals surface area (Å²) in [5, 5.41) is 16.6. The maximum atomic E-state index is 12.4. The Balaban J connectivity index is 1.65. The van der Waals surface area contributed by atoms with E-state index in [1.165, 1.54) is 35.3 Å². The molecule has 0 saturated heterocycles. The van der Waals surface area contributed by atoms with E-state index in [4.69, 9.17) is 0 Å². The predicted molar refractivity (Wildman–Crippen MR) is 140 cm³/mol. The maximum Gasteiger partial charge on any atom is 0.234 e. The maximum absolute atomic E-state index is 12.4. The molecule has 174 valence electrons. The van der Waals surface area contributed by atoms with Crippen molar-refractivity contribution in [2.45, 2.75) is 29.1 Å². The average Bonchev–Trinajstić information content (AvgIpc) is 2.83. The molecule has 2 amide bonds. The van der Waals surface area contributed by atoms with Gasteiger partial charge in [-0.2, -0.15) is 5.26 Å². The van der Waals surface area contributed by atoms with Gasteiger partial charge in [-0.1, -0.05) is 58.9 Å². The van der Waals surface area contributed by atoms with Gasteiger partial charge in [0.25, 0.3) is 0 Å². The van der Waals surface area contributed by atoms with Crippen LogP contribution in [0.2, 0.25) is 0 Å². The number of aromatic nitrogens is 2. The molecule has 0 saturated carbocycles. The van der Waals surface area contributed by atoms with E-state index < -0.39 is 0 Å². The number of aryl methyl sites for hydroxylation is 2. The van der Waals surface area contributed by atoms with Crippen LogP contribution in [0.4, 0.5) is 11.4 Å². The lowest BCUT2D eigenvalue weighted by atomic mass is 10.2. The van der Waals surface area contributed by atoms with Crippen LogP contribution in [0.15, 0.2) is 63.7 Å². The summed E-state index contributed by atoms with van der Waals surface area (Å²) in [5.41, 5.74) is 3.97. The Morgan fingerprint density at radius 3 is 1.76 bits per heavy atom. The standard InChI is InChI=1S/C24H23N5O2S3/c1-15-4-8-17(9-5-15)26-20(30)13-33-23-19(12-25)22(32-3)28-24(29-23)34-14-21(31)27-18-10-6-16(2)7-11-18/h4-11H,13-14H2,1-3H3,(H,26,30)(H,27,31). The third-order valence-electron chi connectivity index (χ3n) is 4.47. The van der Waals surface area contributed by atoms with Crippen molar-refractivity contribution in [1.82, 2.24) is 9.97 Å². The molecule has 1 heterocycles. The van der Waals surface area contributed by atoms with Crippen LogP contribution in [-0.4, -0.2) is 39.5 Å². The lowest BCUT2D eigenvalue weighted by Gasteiger charge is -2.10. The highest BCUT2D eigenvalue weighted by Gasteiger charge is 2.17. The molecule has 0 atom stereocenters. The van der Waals surface area contributed by atoms with Crippen molar-refractivity contribution in [2.75, 3.05) is 28.4 Å². The molecular weight excluding hydrogens is 486 g/mol. The van der Waals surface area contributed by atoms with E-state index in [1.807, 2.05) is 68.6 Å². The normalized spacial score (nSPS) is 10.4. The van der Waals surface area contributed by atoms with Gasteiger partial charge in [0.1, 0.15) is 21.7 Å². The summed E-state index contributed by atoms with van der Waals surface area (Å²) >= 11 is 3.68. The van der Waals surface area contributed by atoms with Crippen molar-refractivity contribution >= 4 is 58.5 Å². The van der Waals surface area contributed by atoms with Crippen LogP contribution >= 0.6 is 35.3 Å². The molecule has 3 aromatic rings. The monoisotopic (exact) mass is 509 g/mol. The van der Waals surface area contributed by atoms with E-state index in [9.17, 15) is 14.9 Å². The van der Waals surface area contributed by atoms with E-state index in [-0.39, 0.29) is 23.3 Å². The molecule has 2 aromatic carbocycles. The number of benzene rings is 2. The minimum atomic E-state index is -0.200. The minimum Gasteiger partial charge on any atom is -0.325 e. The number of nitriles is 1. The zero-order valence-electron chi connectivity index (χ0n) is 18.9. The second-order valence-corrected chi connectivity index (χ2v) is 9.91. The van der Waals surface area contributed by atoms with Crippen molar-refractivity contribution in [3.8, 4) is 6.07 Å². The van der Waals surface area contributed by atoms with E-state index in [0.29, 0.717) is 26.5 Å². The summed E-state index contributed by atoms with van der Waals surface area (Å²) in [5.74, 6) is -0.176. The summed E-state index contributed by atoms with van der Waals surface area (Å²) < 4.78 is 0. The second-order valence-electron chi connectivity index (χ2n) is 7.21. The molecule has 34 heavy (non-hydrogen) atoms. The van der Waals surface area contributed by atoms with Gasteiger partial charge in [-0.05, 0) is 44.4 Å². The van der Waals surface area contributed by atoms with E-state index >= 15 is 0 Å². The molecule has 0 fully saturated rings. The molecule has 0 unspecified atom stereocenters. The molecule has 0 spiro atoms. The molecule has 2 N–H and O–H groups in total. The molecular formula is C24H23N5O2S3. The molecule has 7 nitrogen and oxygen atoms in total. The molecule has 0 aliphatic carbocycles. The van der Waals surface area contributed by atoms with Gasteiger partial charge in [0, 0.05) is 11.4 Å². The quantitative estimate of drug-likeness (QED) is 0.232. The first kappa shape index (κ1) is 25.6. The summed E-state index contributed by atoms with van der Waals surface area (Å²) in [4.78, 5) is 33.6. The number of hydrogen-bond acceptors (Lipinski definition) is 8. The summed E-state index contributed by atoms with van der Waals surface area (Å²) in [6.07, 6.45) is 1.82. The SMILES string of the molecule is CSc1nc(SCC(=O)Nc2ccc(C)cc2)nc(SCC(=O)Nc2ccc(C)cc2)c1C#N. The number of amides is 2. The number of carbonyl (C=O) groups is 2. The highest BCUT2D eigenvalue weighted by atomic mass is 32.2. The summed E-state index contributed by atoms with van der Waals surface area (Å²) in [6, 6.07) is 17.2. The van der Waals surface area contributed by atoms with Crippen LogP contribution in [0, 0.1) is 25.2 Å². The molecule has 0 aliphatic heterocycles. The second kappa shape index (κ2) is 12.5. The molecule has 3 rings (SSSR count). The minimum absolute atomic E-state index is 0.0887. The smallest absolute Gasteiger partial charge is 0.234 e. The fourth-order valence-corrected chi connectivity index (χ4v) is 4.87. The Morgan fingerprint density at radius 2 is 1.29 bits per heavy atom. The van der Waals surface area contributed by atoms with Crippen molar-refractivity contribution in [3.63, 3.8) is 0 Å². The fourth-order valence-electron chi connectivity index (χ4n) is 2.75. The first-order valence-corrected chi connectivity index (χ1v) is 13.4. The third kappa shape index (κ3) is 7.52. The zero-order valence-corrected chi connectivity index (χ0v) is 21.4. The van der Waals surface area contributed by atoms with Crippen LogP contribution in [0.25, 0.3) is 0 Å². The van der Waals surface area contributed by atoms with Crippen LogP contribution in [0.5, 0.6) is 0 Å². The van der Waals surface area contributed by atoms with Gasteiger partial charge in [0.05, 0.1) is 11.5 Å². The Bertz CT molecular complexity index is 1210. The number of nitrogens with one attached hydrogen (secondary N) is 2. The van der Waals surface area contributed by atoms with Gasteiger partial charge in [-0.15, -0.1) is 11.8 Å². The van der Waals surface area contributed by atoms with Crippen molar-refractivity contribution in [2.24, 2.45) is 0 Å². The van der Waals surface area contributed by atoms with Gasteiger partial charge in [-0.3, -0.25) is 9.59 Å². The lowest BCUT2D eigenvalue weighted by molar-refractivity contribution is -0.114. The zero-order chi connectivity index (χ0) is 24.5. The van der Waals surface area contributed by atoms with E-state index in [2.05, 4.69) is 26.7 Å². The number of anilines is 2. The van der Waals surface area contributed by atoms with Crippen LogP contribution in [-0.2, 0) is 9.59 Å². The lowest BCUT2D eigenvalue weighted by Crippen LogP contribution is -2.15. The van der Waals surface area contributed by atoms with Crippen LogP contribution in [0.1, 0.15) is 16.7 Å². The number of carbonyl (C=O) groups excluding carboxylic acids is 2. The molecule has 0 radical (unpaired) electrons. The Labute approximate surface area is 211 Å². The Morgan fingerprint density at radius 1 is 0.824 bits per heavy atom. The summed E-state index contributed by atoms with van der Waals surface area (Å²) in [6.45, 7) is 3.96. The number of rotatable bonds is 9. The molecule has 0 bridgehead atoms. The number of thioether (sulfide) groups is 3. The van der Waals surface area contributed by atoms with E-state index in [0.717, 1.165) is 16.8 Å². The van der Waals surface area contributed by atoms with Gasteiger partial charge in [-0.25, -0.2) is 9.97 Å². The van der Waals surface area contributed by atoms with Crippen LogP contribution in [0.3, 0.4) is 0 Å². The highest BCUT2D eigenvalue weighted by Crippen LogP contribution is 2.30. The van der Waals surface area contributed by atoms with Gasteiger partial charge >= 0.3 is 0 Å². The number of hydrogen-bond donors (Lipinski definition) is 2. The highest BCUT2D eigenvalue weighted by molar-refractivity contribution is 8.01. The molecule has 10 heteroatoms. The largest absolute Gasteiger partial charge is 0.325 e. The fraction of sp³-hybridized carbons (Fsp3) is 0.208. The van der Waals surface area contributed by atoms with Crippen molar-refractivity contribution in [1.29, 1.82) is 5.26 Å². The third-order valence-corrected chi connectivity index (χ3v) is 6.98. The Hall–Kier alpha value is -3.00. The molecule has 1 aromatic heterocycles. The van der Waals surface area contributed by atoms with Gasteiger partial charge in [0.15, 0.2) is 5.16 Å². The number of nitrogens with zero attached hydrogens (tertiary/aromatic N) is 3. The summed E-state index contributed by atoms with van der Waals surface area (Å²) in [7, 11) is 0.